The second-order valence-electron chi connectivity index (χ2n) is 4.25. The summed E-state index contributed by atoms with van der Waals surface area (Å²) in [7, 11) is 0. The van der Waals surface area contributed by atoms with Crippen LogP contribution in [0.3, 0.4) is 0 Å². The number of carbonyl (C=O) groups excluding carboxylic acids is 2. The second kappa shape index (κ2) is 6.90. The fraction of sp³-hybridized carbons (Fsp3) is 0.214. The van der Waals surface area contributed by atoms with Gasteiger partial charge in [-0.15, -0.1) is 11.6 Å². The first-order valence-corrected chi connectivity index (χ1v) is 6.97. The van der Waals surface area contributed by atoms with Crippen molar-refractivity contribution in [3.63, 3.8) is 0 Å². The number of nitrogens with zero attached hydrogens (tertiary/aromatic N) is 2. The largest absolute Gasteiger partial charge is 0.322 e. The number of para-hydroxylation sites is 1. The predicted octanol–water partition coefficient (Wildman–Crippen LogP) is 2.33. The highest BCUT2D eigenvalue weighted by Gasteiger charge is 2.18. The van der Waals surface area contributed by atoms with E-state index in [0.29, 0.717) is 17.9 Å². The highest BCUT2D eigenvalue weighted by atomic mass is 35.5. The lowest BCUT2D eigenvalue weighted by Gasteiger charge is -2.05. The minimum Gasteiger partial charge on any atom is -0.322 e. The molecular weight excluding hydrogens is 292 g/mol. The molecule has 21 heavy (non-hydrogen) atoms. The number of anilines is 2. The molecular formula is C14H15ClN4O2. The van der Waals surface area contributed by atoms with E-state index in [0.717, 1.165) is 0 Å². The predicted molar refractivity (Wildman–Crippen MR) is 81.6 cm³/mol. The lowest BCUT2D eigenvalue weighted by molar-refractivity contribution is -0.113. The van der Waals surface area contributed by atoms with Crippen molar-refractivity contribution in [2.24, 2.45) is 0 Å². The van der Waals surface area contributed by atoms with Crippen LogP contribution in [-0.4, -0.2) is 27.5 Å². The molecule has 0 fully saturated rings. The minimum absolute atomic E-state index is 0.152. The fourth-order valence-corrected chi connectivity index (χ4v) is 1.80. The summed E-state index contributed by atoms with van der Waals surface area (Å²) >= 11 is 5.46. The summed E-state index contributed by atoms with van der Waals surface area (Å²) in [6, 6.07) is 9.03. The number of hydrogen-bond donors (Lipinski definition) is 2. The number of benzene rings is 1. The molecule has 0 radical (unpaired) electrons. The van der Waals surface area contributed by atoms with Gasteiger partial charge in [0.25, 0.3) is 5.91 Å². The van der Waals surface area contributed by atoms with E-state index in [4.69, 9.17) is 11.6 Å². The van der Waals surface area contributed by atoms with Crippen LogP contribution in [0.2, 0.25) is 0 Å². The molecule has 1 aromatic carbocycles. The van der Waals surface area contributed by atoms with Crippen molar-refractivity contribution in [1.82, 2.24) is 9.78 Å². The van der Waals surface area contributed by atoms with Gasteiger partial charge in [0.15, 0.2) is 5.69 Å². The first-order valence-electron chi connectivity index (χ1n) is 6.43. The van der Waals surface area contributed by atoms with Crippen molar-refractivity contribution in [2.75, 3.05) is 16.5 Å². The van der Waals surface area contributed by atoms with Gasteiger partial charge >= 0.3 is 0 Å². The standard InChI is InChI=1S/C14H15ClN4O2/c1-2-19-9-11(17-12(20)8-15)13(18-19)14(21)16-10-6-4-3-5-7-10/h3-7,9H,2,8H2,1H3,(H,16,21)(H,17,20). The smallest absolute Gasteiger partial charge is 0.278 e. The Bertz CT molecular complexity index is 640. The maximum atomic E-state index is 12.3. The van der Waals surface area contributed by atoms with Crippen molar-refractivity contribution in [3.8, 4) is 0 Å². The molecule has 1 aromatic heterocycles. The van der Waals surface area contributed by atoms with Crippen molar-refractivity contribution in [3.05, 3.63) is 42.2 Å². The second-order valence-corrected chi connectivity index (χ2v) is 4.52. The average molecular weight is 307 g/mol. The molecule has 6 nitrogen and oxygen atoms in total. The zero-order valence-corrected chi connectivity index (χ0v) is 12.2. The van der Waals surface area contributed by atoms with E-state index in [1.54, 1.807) is 23.0 Å². The Morgan fingerprint density at radius 2 is 1.95 bits per heavy atom. The average Bonchev–Trinajstić information content (AvgIpc) is 2.91. The van der Waals surface area contributed by atoms with Gasteiger partial charge in [-0.1, -0.05) is 18.2 Å². The van der Waals surface area contributed by atoms with Crippen LogP contribution >= 0.6 is 11.6 Å². The number of halogens is 1. The van der Waals surface area contributed by atoms with Gasteiger partial charge in [0.05, 0.1) is 5.69 Å². The molecule has 7 heteroatoms. The zero-order chi connectivity index (χ0) is 15.2. The number of alkyl halides is 1. The number of aromatic nitrogens is 2. The van der Waals surface area contributed by atoms with Crippen LogP contribution in [0.5, 0.6) is 0 Å². The van der Waals surface area contributed by atoms with Gasteiger partial charge in [-0.25, -0.2) is 0 Å². The van der Waals surface area contributed by atoms with E-state index in [1.165, 1.54) is 0 Å². The summed E-state index contributed by atoms with van der Waals surface area (Å²) in [5.41, 5.74) is 1.15. The molecule has 2 amide bonds. The van der Waals surface area contributed by atoms with Gasteiger partial charge in [-0.3, -0.25) is 14.3 Å². The number of rotatable bonds is 5. The topological polar surface area (TPSA) is 76.0 Å². The lowest BCUT2D eigenvalue weighted by Crippen LogP contribution is -2.18. The molecule has 0 aliphatic rings. The first kappa shape index (κ1) is 15.1. The van der Waals surface area contributed by atoms with Gasteiger partial charge in [-0.2, -0.15) is 5.10 Å². The Morgan fingerprint density at radius 3 is 2.57 bits per heavy atom. The first-order chi connectivity index (χ1) is 10.1. The maximum absolute atomic E-state index is 12.3. The highest BCUT2D eigenvalue weighted by molar-refractivity contribution is 6.29. The summed E-state index contributed by atoms with van der Waals surface area (Å²) in [5, 5.41) is 9.45. The van der Waals surface area contributed by atoms with E-state index in [-0.39, 0.29) is 17.5 Å². The third-order valence-electron chi connectivity index (χ3n) is 2.73. The molecule has 0 saturated carbocycles. The summed E-state index contributed by atoms with van der Waals surface area (Å²) in [6.45, 7) is 2.47. The SMILES string of the molecule is CCn1cc(NC(=O)CCl)c(C(=O)Nc2ccccc2)n1. The Kier molecular flexibility index (Phi) is 4.94. The monoisotopic (exact) mass is 306 g/mol. The van der Waals surface area contributed by atoms with Crippen LogP contribution in [-0.2, 0) is 11.3 Å². The van der Waals surface area contributed by atoms with E-state index < -0.39 is 5.91 Å². The zero-order valence-electron chi connectivity index (χ0n) is 11.5. The number of hydrogen-bond acceptors (Lipinski definition) is 3. The Labute approximate surface area is 127 Å². The van der Waals surface area contributed by atoms with E-state index in [1.807, 2.05) is 25.1 Å². The Hall–Kier alpha value is -2.34. The number of nitrogens with one attached hydrogen (secondary N) is 2. The minimum atomic E-state index is -0.390. The molecule has 0 aliphatic heterocycles. The maximum Gasteiger partial charge on any atom is 0.278 e. The third kappa shape index (κ3) is 3.82. The number of aryl methyl sites for hydroxylation is 1. The summed E-state index contributed by atoms with van der Waals surface area (Å²) < 4.78 is 1.57. The molecule has 0 spiro atoms. The van der Waals surface area contributed by atoms with Crippen LogP contribution in [0.1, 0.15) is 17.4 Å². The normalized spacial score (nSPS) is 10.2. The van der Waals surface area contributed by atoms with E-state index in [9.17, 15) is 9.59 Å². The molecule has 2 rings (SSSR count). The van der Waals surface area contributed by atoms with Gasteiger partial charge < -0.3 is 10.6 Å². The quantitative estimate of drug-likeness (QED) is 0.832. The molecule has 2 aromatic rings. The van der Waals surface area contributed by atoms with Crippen molar-refractivity contribution in [1.29, 1.82) is 0 Å². The van der Waals surface area contributed by atoms with Crippen LogP contribution in [0.25, 0.3) is 0 Å². The fourth-order valence-electron chi connectivity index (χ4n) is 1.74. The summed E-state index contributed by atoms with van der Waals surface area (Å²) in [4.78, 5) is 23.7. The van der Waals surface area contributed by atoms with Gasteiger partial charge in [0.2, 0.25) is 5.91 Å². The van der Waals surface area contributed by atoms with Crippen molar-refractivity contribution >= 4 is 34.8 Å². The molecule has 0 unspecified atom stereocenters. The molecule has 1 heterocycles. The number of carbonyl (C=O) groups is 2. The molecule has 2 N–H and O–H groups in total. The van der Waals surface area contributed by atoms with Crippen molar-refractivity contribution < 1.29 is 9.59 Å². The van der Waals surface area contributed by atoms with Crippen molar-refractivity contribution in [2.45, 2.75) is 13.5 Å². The number of amides is 2. The molecule has 0 bridgehead atoms. The van der Waals surface area contributed by atoms with Gasteiger partial charge in [-0.05, 0) is 19.1 Å². The van der Waals surface area contributed by atoms with Crippen LogP contribution in [0, 0.1) is 0 Å². The van der Waals surface area contributed by atoms with Gasteiger partial charge in [0.1, 0.15) is 5.88 Å². The van der Waals surface area contributed by atoms with Crippen LogP contribution in [0.4, 0.5) is 11.4 Å². The van der Waals surface area contributed by atoms with Crippen LogP contribution in [0.15, 0.2) is 36.5 Å². The molecule has 0 saturated heterocycles. The Morgan fingerprint density at radius 1 is 1.24 bits per heavy atom. The molecule has 0 aliphatic carbocycles. The van der Waals surface area contributed by atoms with E-state index in [2.05, 4.69) is 15.7 Å². The summed E-state index contributed by atoms with van der Waals surface area (Å²) in [6.07, 6.45) is 1.60. The van der Waals surface area contributed by atoms with Crippen LogP contribution < -0.4 is 10.6 Å². The molecule has 110 valence electrons. The third-order valence-corrected chi connectivity index (χ3v) is 2.97. The summed E-state index contributed by atoms with van der Waals surface area (Å²) in [5.74, 6) is -0.962. The Balaban J connectivity index is 2.22. The van der Waals surface area contributed by atoms with E-state index >= 15 is 0 Å². The lowest BCUT2D eigenvalue weighted by atomic mass is 10.3. The van der Waals surface area contributed by atoms with Gasteiger partial charge in [0, 0.05) is 18.4 Å². The molecule has 0 atom stereocenters. The highest BCUT2D eigenvalue weighted by Crippen LogP contribution is 2.16.